The van der Waals surface area contributed by atoms with E-state index in [1.54, 1.807) is 18.2 Å². The highest BCUT2D eigenvalue weighted by Gasteiger charge is 2.32. The van der Waals surface area contributed by atoms with Crippen molar-refractivity contribution in [2.75, 3.05) is 16.8 Å². The van der Waals surface area contributed by atoms with Gasteiger partial charge in [-0.25, -0.2) is 4.79 Å². The monoisotopic (exact) mass is 436 g/mol. The molecule has 1 aliphatic rings. The van der Waals surface area contributed by atoms with Crippen LogP contribution in [0, 0.1) is 5.92 Å². The standard InChI is InChI=1S/C25H32N4O3/c1-4-17(2)23(24(31)26-18(3)14-15-19-10-6-5-7-11-19)28-25(32)29-16-22(30)27-20-12-8-9-13-21(20)29/h5-13,17-18,23H,4,14-16H2,1-3H3,(H,26,31)(H,27,30)(H,28,32)/t17-,18+,23-/m0/s1. The van der Waals surface area contributed by atoms with Crippen molar-refractivity contribution in [2.45, 2.75) is 52.1 Å². The van der Waals surface area contributed by atoms with E-state index in [4.69, 9.17) is 0 Å². The molecule has 0 bridgehead atoms. The Hall–Kier alpha value is -3.35. The summed E-state index contributed by atoms with van der Waals surface area (Å²) in [5.41, 5.74) is 2.42. The molecule has 3 N–H and O–H groups in total. The van der Waals surface area contributed by atoms with E-state index in [9.17, 15) is 14.4 Å². The van der Waals surface area contributed by atoms with Gasteiger partial charge in [0.2, 0.25) is 11.8 Å². The van der Waals surface area contributed by atoms with Gasteiger partial charge in [-0.3, -0.25) is 14.5 Å². The molecule has 0 aromatic heterocycles. The van der Waals surface area contributed by atoms with Crippen molar-refractivity contribution in [3.05, 3.63) is 60.2 Å². The van der Waals surface area contributed by atoms with E-state index in [2.05, 4.69) is 28.1 Å². The minimum absolute atomic E-state index is 0.0346. The second-order valence-electron chi connectivity index (χ2n) is 8.40. The molecule has 1 aliphatic heterocycles. The SMILES string of the molecule is CC[C@H](C)[C@H](NC(=O)N1CC(=O)Nc2ccccc21)C(=O)N[C@H](C)CCc1ccccc1. The average molecular weight is 437 g/mol. The van der Waals surface area contributed by atoms with E-state index in [1.165, 1.54) is 10.5 Å². The third kappa shape index (κ3) is 5.87. The van der Waals surface area contributed by atoms with E-state index in [0.29, 0.717) is 11.4 Å². The number of amides is 4. The maximum atomic E-state index is 13.1. The second-order valence-corrected chi connectivity index (χ2v) is 8.40. The van der Waals surface area contributed by atoms with Gasteiger partial charge in [0.15, 0.2) is 0 Å². The second kappa shape index (κ2) is 10.8. The molecule has 3 atom stereocenters. The minimum atomic E-state index is -0.691. The number of carbonyl (C=O) groups is 3. The summed E-state index contributed by atoms with van der Waals surface area (Å²) >= 11 is 0. The van der Waals surface area contributed by atoms with Crippen molar-refractivity contribution in [3.8, 4) is 0 Å². The fourth-order valence-electron chi connectivity index (χ4n) is 3.76. The molecular weight excluding hydrogens is 404 g/mol. The van der Waals surface area contributed by atoms with Gasteiger partial charge < -0.3 is 16.0 Å². The summed E-state index contributed by atoms with van der Waals surface area (Å²) in [6, 6.07) is 16.1. The van der Waals surface area contributed by atoms with Crippen molar-refractivity contribution in [3.63, 3.8) is 0 Å². The van der Waals surface area contributed by atoms with E-state index >= 15 is 0 Å². The number of benzene rings is 2. The molecule has 2 aromatic carbocycles. The lowest BCUT2D eigenvalue weighted by molar-refractivity contribution is -0.124. The number of hydrogen-bond donors (Lipinski definition) is 3. The number of nitrogens with zero attached hydrogens (tertiary/aromatic N) is 1. The molecule has 32 heavy (non-hydrogen) atoms. The molecule has 170 valence electrons. The first-order chi connectivity index (χ1) is 15.4. The molecule has 0 unspecified atom stereocenters. The number of rotatable bonds is 8. The molecule has 1 heterocycles. The lowest BCUT2D eigenvalue weighted by Crippen LogP contribution is -2.56. The van der Waals surface area contributed by atoms with Crippen LogP contribution in [0.4, 0.5) is 16.2 Å². The zero-order valence-electron chi connectivity index (χ0n) is 18.9. The number of nitrogens with one attached hydrogen (secondary N) is 3. The summed E-state index contributed by atoms with van der Waals surface area (Å²) < 4.78 is 0. The Labute approximate surface area is 189 Å². The Bertz CT molecular complexity index is 947. The fourth-order valence-corrected chi connectivity index (χ4v) is 3.76. The summed E-state index contributed by atoms with van der Waals surface area (Å²) in [4.78, 5) is 39.6. The van der Waals surface area contributed by atoms with Crippen LogP contribution in [0.25, 0.3) is 0 Å². The summed E-state index contributed by atoms with van der Waals surface area (Å²) in [5, 5.41) is 8.69. The van der Waals surface area contributed by atoms with Crippen molar-refractivity contribution in [2.24, 2.45) is 5.92 Å². The van der Waals surface area contributed by atoms with Crippen molar-refractivity contribution < 1.29 is 14.4 Å². The summed E-state index contributed by atoms with van der Waals surface area (Å²) in [6.45, 7) is 5.81. The van der Waals surface area contributed by atoms with Crippen LogP contribution in [0.1, 0.15) is 39.2 Å². The normalized spacial score (nSPS) is 15.7. The number of fused-ring (bicyclic) bond motifs is 1. The first-order valence-electron chi connectivity index (χ1n) is 11.2. The van der Waals surface area contributed by atoms with Gasteiger partial charge in [0.05, 0.1) is 11.4 Å². The molecule has 3 rings (SSSR count). The molecule has 7 nitrogen and oxygen atoms in total. The summed E-state index contributed by atoms with van der Waals surface area (Å²) in [7, 11) is 0. The molecule has 0 radical (unpaired) electrons. The predicted molar refractivity (Wildman–Crippen MR) is 127 cm³/mol. The predicted octanol–water partition coefficient (Wildman–Crippen LogP) is 3.71. The Balaban J connectivity index is 1.65. The van der Waals surface area contributed by atoms with Gasteiger partial charge in [0, 0.05) is 6.04 Å². The quantitative estimate of drug-likeness (QED) is 0.589. The van der Waals surface area contributed by atoms with Crippen LogP contribution >= 0.6 is 0 Å². The molecule has 4 amide bonds. The minimum Gasteiger partial charge on any atom is -0.352 e. The molecule has 0 saturated carbocycles. The Morgan fingerprint density at radius 2 is 1.72 bits per heavy atom. The fraction of sp³-hybridized carbons (Fsp3) is 0.400. The van der Waals surface area contributed by atoms with Crippen LogP contribution in [0.5, 0.6) is 0 Å². The summed E-state index contributed by atoms with van der Waals surface area (Å²) in [5.74, 6) is -0.532. The smallest absolute Gasteiger partial charge is 0.323 e. The van der Waals surface area contributed by atoms with Gasteiger partial charge in [0.1, 0.15) is 12.6 Å². The Kier molecular flexibility index (Phi) is 7.87. The van der Waals surface area contributed by atoms with Crippen LogP contribution in [0.15, 0.2) is 54.6 Å². The third-order valence-corrected chi connectivity index (χ3v) is 5.89. The lowest BCUT2D eigenvalue weighted by Gasteiger charge is -2.32. The Morgan fingerprint density at radius 1 is 1.03 bits per heavy atom. The molecular formula is C25H32N4O3. The van der Waals surface area contributed by atoms with Gasteiger partial charge in [0.25, 0.3) is 0 Å². The molecule has 7 heteroatoms. The molecule has 2 aromatic rings. The number of para-hydroxylation sites is 2. The first-order valence-corrected chi connectivity index (χ1v) is 11.2. The third-order valence-electron chi connectivity index (χ3n) is 5.89. The number of anilines is 2. The maximum absolute atomic E-state index is 13.1. The van der Waals surface area contributed by atoms with Gasteiger partial charge in [-0.2, -0.15) is 0 Å². The van der Waals surface area contributed by atoms with Crippen LogP contribution in [-0.2, 0) is 16.0 Å². The van der Waals surface area contributed by atoms with Crippen molar-refractivity contribution in [1.82, 2.24) is 10.6 Å². The van der Waals surface area contributed by atoms with Crippen LogP contribution in [0.3, 0.4) is 0 Å². The average Bonchev–Trinajstić information content (AvgIpc) is 2.80. The largest absolute Gasteiger partial charge is 0.352 e. The van der Waals surface area contributed by atoms with Crippen LogP contribution in [-0.4, -0.2) is 36.5 Å². The Morgan fingerprint density at radius 3 is 2.44 bits per heavy atom. The zero-order chi connectivity index (χ0) is 23.1. The molecule has 0 fully saturated rings. The van der Waals surface area contributed by atoms with E-state index in [1.807, 2.05) is 45.0 Å². The molecule has 0 aliphatic carbocycles. The van der Waals surface area contributed by atoms with Crippen molar-refractivity contribution in [1.29, 1.82) is 0 Å². The summed E-state index contributed by atoms with van der Waals surface area (Å²) in [6.07, 6.45) is 2.40. The van der Waals surface area contributed by atoms with Gasteiger partial charge in [-0.05, 0) is 43.4 Å². The molecule has 0 saturated heterocycles. The van der Waals surface area contributed by atoms with E-state index in [-0.39, 0.29) is 30.3 Å². The van der Waals surface area contributed by atoms with E-state index in [0.717, 1.165) is 19.3 Å². The maximum Gasteiger partial charge on any atom is 0.323 e. The lowest BCUT2D eigenvalue weighted by atomic mass is 9.97. The highest BCUT2D eigenvalue weighted by molar-refractivity contribution is 6.10. The zero-order valence-corrected chi connectivity index (χ0v) is 18.9. The van der Waals surface area contributed by atoms with Crippen LogP contribution in [0.2, 0.25) is 0 Å². The van der Waals surface area contributed by atoms with Gasteiger partial charge in [-0.15, -0.1) is 0 Å². The first kappa shape index (κ1) is 23.3. The van der Waals surface area contributed by atoms with E-state index < -0.39 is 12.1 Å². The van der Waals surface area contributed by atoms with Gasteiger partial charge >= 0.3 is 6.03 Å². The number of aryl methyl sites for hydroxylation is 1. The number of urea groups is 1. The van der Waals surface area contributed by atoms with Crippen LogP contribution < -0.4 is 20.9 Å². The number of carbonyl (C=O) groups excluding carboxylic acids is 3. The number of hydrogen-bond acceptors (Lipinski definition) is 3. The topological polar surface area (TPSA) is 90.5 Å². The highest BCUT2D eigenvalue weighted by Crippen LogP contribution is 2.29. The highest BCUT2D eigenvalue weighted by atomic mass is 16.2. The van der Waals surface area contributed by atoms with Crippen molar-refractivity contribution >= 4 is 29.2 Å². The molecule has 0 spiro atoms. The van der Waals surface area contributed by atoms with Gasteiger partial charge in [-0.1, -0.05) is 62.7 Å².